The van der Waals surface area contributed by atoms with Crippen LogP contribution in [0.2, 0.25) is 0 Å². The lowest BCUT2D eigenvalue weighted by Crippen LogP contribution is -2.36. The van der Waals surface area contributed by atoms with Crippen LogP contribution in [0.4, 0.5) is 5.82 Å². The number of nitrogens with zero attached hydrogens (tertiary/aromatic N) is 3. The molecule has 3 rings (SSSR count). The lowest BCUT2D eigenvalue weighted by molar-refractivity contribution is -0.119. The summed E-state index contributed by atoms with van der Waals surface area (Å²) in [5, 5.41) is 11.8. The number of carbonyl (C=O) groups excluding carboxylic acids is 1. The third-order valence-corrected chi connectivity index (χ3v) is 5.37. The molecule has 0 aromatic carbocycles. The lowest BCUT2D eigenvalue weighted by atomic mass is 9.86. The first-order valence-corrected chi connectivity index (χ1v) is 8.49. The maximum absolute atomic E-state index is 12.1. The van der Waals surface area contributed by atoms with E-state index in [2.05, 4.69) is 10.3 Å². The lowest BCUT2D eigenvalue weighted by Gasteiger charge is -2.22. The summed E-state index contributed by atoms with van der Waals surface area (Å²) in [4.78, 5) is 18.0. The monoisotopic (exact) mass is 312 g/mol. The van der Waals surface area contributed by atoms with Crippen LogP contribution in [-0.4, -0.2) is 31.0 Å². The van der Waals surface area contributed by atoms with E-state index in [0.29, 0.717) is 11.4 Å². The largest absolute Gasteiger partial charge is 0.355 e. The molecule has 0 spiro atoms. The van der Waals surface area contributed by atoms with E-state index in [1.165, 1.54) is 31.9 Å². The van der Waals surface area contributed by atoms with E-state index in [9.17, 15) is 4.79 Å². The molecule has 2 aliphatic rings. The van der Waals surface area contributed by atoms with Gasteiger partial charge >= 0.3 is 0 Å². The zero-order valence-electron chi connectivity index (χ0n) is 13.7. The zero-order chi connectivity index (χ0) is 16.2. The van der Waals surface area contributed by atoms with Crippen LogP contribution in [0.3, 0.4) is 0 Å². The molecular weight excluding hydrogens is 288 g/mol. The first-order valence-electron chi connectivity index (χ1n) is 8.49. The minimum atomic E-state index is 0.0295. The topological polar surface area (TPSA) is 69.0 Å². The number of nitriles is 1. The van der Waals surface area contributed by atoms with Crippen molar-refractivity contribution in [2.45, 2.75) is 32.1 Å². The van der Waals surface area contributed by atoms with Crippen LogP contribution in [0.5, 0.6) is 0 Å². The third kappa shape index (κ3) is 3.82. The van der Waals surface area contributed by atoms with E-state index in [-0.39, 0.29) is 12.5 Å². The average molecular weight is 312 g/mol. The second kappa shape index (κ2) is 6.99. The van der Waals surface area contributed by atoms with Gasteiger partial charge in [0.05, 0.1) is 12.1 Å². The highest BCUT2D eigenvalue weighted by molar-refractivity contribution is 5.80. The number of pyridine rings is 1. The van der Waals surface area contributed by atoms with E-state index < -0.39 is 0 Å². The highest BCUT2D eigenvalue weighted by Crippen LogP contribution is 2.49. The van der Waals surface area contributed by atoms with Crippen molar-refractivity contribution in [1.82, 2.24) is 10.3 Å². The second-order valence-corrected chi connectivity index (χ2v) is 6.95. The van der Waals surface area contributed by atoms with E-state index >= 15 is 0 Å². The molecule has 2 aliphatic carbocycles. The number of aromatic nitrogens is 1. The van der Waals surface area contributed by atoms with E-state index in [4.69, 9.17) is 5.26 Å². The fourth-order valence-corrected chi connectivity index (χ4v) is 4.16. The summed E-state index contributed by atoms with van der Waals surface area (Å²) in [6.45, 7) is 1.07. The van der Waals surface area contributed by atoms with Gasteiger partial charge in [-0.05, 0) is 55.6 Å². The molecule has 5 heteroatoms. The number of rotatable bonds is 6. The quantitative estimate of drug-likeness (QED) is 0.875. The van der Waals surface area contributed by atoms with Crippen molar-refractivity contribution in [3.63, 3.8) is 0 Å². The van der Waals surface area contributed by atoms with Crippen LogP contribution in [0.25, 0.3) is 0 Å². The molecule has 2 saturated carbocycles. The Morgan fingerprint density at radius 3 is 2.91 bits per heavy atom. The molecule has 5 nitrogen and oxygen atoms in total. The number of carbonyl (C=O) groups is 1. The van der Waals surface area contributed by atoms with Gasteiger partial charge < -0.3 is 10.2 Å². The van der Waals surface area contributed by atoms with Gasteiger partial charge in [0.25, 0.3) is 0 Å². The maximum Gasteiger partial charge on any atom is 0.239 e. The van der Waals surface area contributed by atoms with Gasteiger partial charge in [-0.3, -0.25) is 4.79 Å². The van der Waals surface area contributed by atoms with E-state index in [1.807, 2.05) is 13.1 Å². The summed E-state index contributed by atoms with van der Waals surface area (Å²) in [6.07, 6.45) is 8.26. The first-order chi connectivity index (χ1) is 11.2. The van der Waals surface area contributed by atoms with Gasteiger partial charge in [0, 0.05) is 19.8 Å². The predicted molar refractivity (Wildman–Crippen MR) is 88.8 cm³/mol. The predicted octanol–water partition coefficient (Wildman–Crippen LogP) is 2.33. The van der Waals surface area contributed by atoms with Crippen LogP contribution < -0.4 is 10.2 Å². The molecule has 1 aromatic heterocycles. The van der Waals surface area contributed by atoms with Crippen molar-refractivity contribution in [3.8, 4) is 6.07 Å². The van der Waals surface area contributed by atoms with Crippen molar-refractivity contribution >= 4 is 11.7 Å². The van der Waals surface area contributed by atoms with Crippen molar-refractivity contribution in [1.29, 1.82) is 5.26 Å². The molecule has 2 fully saturated rings. The molecule has 0 unspecified atom stereocenters. The minimum Gasteiger partial charge on any atom is -0.355 e. The van der Waals surface area contributed by atoms with Crippen molar-refractivity contribution in [3.05, 3.63) is 23.9 Å². The number of anilines is 1. The molecule has 0 aliphatic heterocycles. The molecule has 0 saturated heterocycles. The van der Waals surface area contributed by atoms with Gasteiger partial charge in [0.15, 0.2) is 0 Å². The Balaban J connectivity index is 1.39. The molecule has 122 valence electrons. The molecule has 23 heavy (non-hydrogen) atoms. The summed E-state index contributed by atoms with van der Waals surface area (Å²) >= 11 is 0. The zero-order valence-corrected chi connectivity index (χ0v) is 13.7. The van der Waals surface area contributed by atoms with Crippen LogP contribution >= 0.6 is 0 Å². The molecule has 1 aromatic rings. The van der Waals surface area contributed by atoms with E-state index in [1.54, 1.807) is 17.0 Å². The van der Waals surface area contributed by atoms with Gasteiger partial charge in [-0.1, -0.05) is 6.42 Å². The fraction of sp³-hybridized carbons (Fsp3) is 0.611. The Bertz CT molecular complexity index is 592. The Morgan fingerprint density at radius 1 is 1.43 bits per heavy atom. The molecule has 0 radical (unpaired) electrons. The molecule has 1 N–H and O–H groups in total. The van der Waals surface area contributed by atoms with Gasteiger partial charge in [0.1, 0.15) is 11.9 Å². The second-order valence-electron chi connectivity index (χ2n) is 6.95. The van der Waals surface area contributed by atoms with Crippen molar-refractivity contribution in [2.75, 3.05) is 25.0 Å². The average Bonchev–Trinajstić information content (AvgIpc) is 3.18. The smallest absolute Gasteiger partial charge is 0.239 e. The number of nitrogens with one attached hydrogen (secondary N) is 1. The van der Waals surface area contributed by atoms with Crippen molar-refractivity contribution in [2.24, 2.45) is 17.8 Å². The standard InChI is InChI=1S/C18H24N4O/c1-22(17-5-3-14(10-19)11-21-17)12-18(23)20-7-6-16-9-13-2-4-15(16)8-13/h3,5,11,13,15-16H,2,4,6-9,12H2,1H3,(H,20,23)/t13-,15-,16-/m0/s1. The van der Waals surface area contributed by atoms with Crippen LogP contribution in [0, 0.1) is 29.1 Å². The number of fused-ring (bicyclic) bond motifs is 2. The Morgan fingerprint density at radius 2 is 2.30 bits per heavy atom. The van der Waals surface area contributed by atoms with Gasteiger partial charge in [0.2, 0.25) is 5.91 Å². The summed E-state index contributed by atoms with van der Waals surface area (Å²) < 4.78 is 0. The van der Waals surface area contributed by atoms with E-state index in [0.717, 1.165) is 30.7 Å². The Kier molecular flexibility index (Phi) is 4.80. The number of hydrogen-bond donors (Lipinski definition) is 1. The van der Waals surface area contributed by atoms with Crippen LogP contribution in [0.1, 0.15) is 37.7 Å². The maximum atomic E-state index is 12.1. The minimum absolute atomic E-state index is 0.0295. The fourth-order valence-electron chi connectivity index (χ4n) is 4.16. The molecular formula is C18H24N4O. The summed E-state index contributed by atoms with van der Waals surface area (Å²) in [5.41, 5.74) is 0.525. The van der Waals surface area contributed by atoms with Gasteiger partial charge in [-0.2, -0.15) is 5.26 Å². The summed E-state index contributed by atoms with van der Waals surface area (Å²) in [6, 6.07) is 5.52. The molecule has 2 bridgehead atoms. The first kappa shape index (κ1) is 15.8. The van der Waals surface area contributed by atoms with Crippen LogP contribution in [-0.2, 0) is 4.79 Å². The normalized spacial score (nSPS) is 25.1. The molecule has 1 amide bonds. The molecule has 3 atom stereocenters. The SMILES string of the molecule is CN(CC(=O)NCC[C@H]1C[C@H]2CC[C@H]1C2)c1ccc(C#N)cn1. The summed E-state index contributed by atoms with van der Waals surface area (Å²) in [5.74, 6) is 3.44. The third-order valence-electron chi connectivity index (χ3n) is 5.37. The highest BCUT2D eigenvalue weighted by atomic mass is 16.2. The Hall–Kier alpha value is -2.09. The number of hydrogen-bond acceptors (Lipinski definition) is 4. The van der Waals surface area contributed by atoms with Crippen molar-refractivity contribution < 1.29 is 4.79 Å². The van der Waals surface area contributed by atoms with Gasteiger partial charge in [-0.25, -0.2) is 4.98 Å². The Labute approximate surface area is 137 Å². The number of amides is 1. The van der Waals surface area contributed by atoms with Crippen LogP contribution in [0.15, 0.2) is 18.3 Å². The summed E-state index contributed by atoms with van der Waals surface area (Å²) in [7, 11) is 1.84. The van der Waals surface area contributed by atoms with Gasteiger partial charge in [-0.15, -0.1) is 0 Å². The number of likely N-dealkylation sites (N-methyl/N-ethyl adjacent to an activating group) is 1. The molecule has 1 heterocycles. The highest BCUT2D eigenvalue weighted by Gasteiger charge is 2.38.